The topological polar surface area (TPSA) is 21.3 Å². The van der Waals surface area contributed by atoms with Gasteiger partial charge in [-0.3, -0.25) is 0 Å². The summed E-state index contributed by atoms with van der Waals surface area (Å²) in [7, 11) is 0. The molecule has 0 aromatic heterocycles. The second-order valence-electron chi connectivity index (χ2n) is 6.32. The summed E-state index contributed by atoms with van der Waals surface area (Å²) in [6.07, 6.45) is 9.25. The van der Waals surface area contributed by atoms with Crippen LogP contribution in [-0.2, 0) is 6.42 Å². The summed E-state index contributed by atoms with van der Waals surface area (Å²) in [5.41, 5.74) is 2.98. The normalized spacial score (nSPS) is 22.8. The van der Waals surface area contributed by atoms with Crippen LogP contribution in [0.1, 0.15) is 62.6 Å². The average molecular weight is 273 g/mol. The predicted molar refractivity (Wildman–Crippen MR) is 83.3 cm³/mol. The van der Waals surface area contributed by atoms with Crippen molar-refractivity contribution in [3.63, 3.8) is 0 Å². The summed E-state index contributed by atoms with van der Waals surface area (Å²) >= 11 is 0. The molecule has 1 N–H and O–H groups in total. The SMILES string of the molecule is CCNC1CCCc2cc(OCC3CCCC3)ccc21. The van der Waals surface area contributed by atoms with Gasteiger partial charge in [0.25, 0.3) is 0 Å². The highest BCUT2D eigenvalue weighted by Gasteiger charge is 2.20. The molecule has 1 aromatic carbocycles. The minimum atomic E-state index is 0.549. The Kier molecular flexibility index (Phi) is 4.62. The van der Waals surface area contributed by atoms with Crippen molar-refractivity contribution in [1.29, 1.82) is 0 Å². The number of hydrogen-bond acceptors (Lipinski definition) is 2. The van der Waals surface area contributed by atoms with E-state index in [1.165, 1.54) is 56.1 Å². The molecule has 0 saturated heterocycles. The first-order chi connectivity index (χ1) is 9.86. The maximum atomic E-state index is 6.03. The fraction of sp³-hybridized carbons (Fsp3) is 0.667. The van der Waals surface area contributed by atoms with Crippen LogP contribution >= 0.6 is 0 Å². The van der Waals surface area contributed by atoms with Crippen molar-refractivity contribution in [2.45, 2.75) is 57.9 Å². The minimum absolute atomic E-state index is 0.549. The van der Waals surface area contributed by atoms with Crippen LogP contribution in [0.25, 0.3) is 0 Å². The molecule has 0 bridgehead atoms. The molecule has 0 radical (unpaired) electrons. The zero-order valence-electron chi connectivity index (χ0n) is 12.7. The Morgan fingerprint density at radius 3 is 2.80 bits per heavy atom. The van der Waals surface area contributed by atoms with Crippen molar-refractivity contribution in [1.82, 2.24) is 5.32 Å². The van der Waals surface area contributed by atoms with Crippen LogP contribution in [0.5, 0.6) is 5.75 Å². The molecule has 1 saturated carbocycles. The highest BCUT2D eigenvalue weighted by Crippen LogP contribution is 2.32. The lowest BCUT2D eigenvalue weighted by molar-refractivity contribution is 0.251. The van der Waals surface area contributed by atoms with Crippen molar-refractivity contribution in [2.24, 2.45) is 5.92 Å². The summed E-state index contributed by atoms with van der Waals surface area (Å²) < 4.78 is 6.03. The van der Waals surface area contributed by atoms with Crippen LogP contribution < -0.4 is 10.1 Å². The zero-order valence-corrected chi connectivity index (χ0v) is 12.7. The Balaban J connectivity index is 1.65. The van der Waals surface area contributed by atoms with Crippen molar-refractivity contribution < 1.29 is 4.74 Å². The van der Waals surface area contributed by atoms with Crippen LogP contribution in [-0.4, -0.2) is 13.2 Å². The van der Waals surface area contributed by atoms with E-state index in [0.29, 0.717) is 6.04 Å². The third-order valence-corrected chi connectivity index (χ3v) is 4.84. The Bertz CT molecular complexity index is 437. The molecule has 1 aromatic rings. The van der Waals surface area contributed by atoms with E-state index in [9.17, 15) is 0 Å². The van der Waals surface area contributed by atoms with Crippen molar-refractivity contribution in [3.05, 3.63) is 29.3 Å². The van der Waals surface area contributed by atoms with E-state index in [0.717, 1.165) is 24.8 Å². The molecule has 0 amide bonds. The van der Waals surface area contributed by atoms with Crippen molar-refractivity contribution in [2.75, 3.05) is 13.2 Å². The van der Waals surface area contributed by atoms with Crippen LogP contribution in [0.3, 0.4) is 0 Å². The quantitative estimate of drug-likeness (QED) is 0.866. The van der Waals surface area contributed by atoms with E-state index in [1.54, 1.807) is 0 Å². The number of benzene rings is 1. The van der Waals surface area contributed by atoms with Gasteiger partial charge in [-0.1, -0.05) is 25.8 Å². The average Bonchev–Trinajstić information content (AvgIpc) is 2.99. The molecule has 0 spiro atoms. The smallest absolute Gasteiger partial charge is 0.119 e. The molecule has 0 heterocycles. The van der Waals surface area contributed by atoms with E-state index in [-0.39, 0.29) is 0 Å². The van der Waals surface area contributed by atoms with E-state index in [1.807, 2.05) is 0 Å². The standard InChI is InChI=1S/C18H27NO/c1-2-19-18-9-5-8-15-12-16(10-11-17(15)18)20-13-14-6-3-4-7-14/h10-12,14,18-19H,2-9,13H2,1H3. The van der Waals surface area contributed by atoms with Crippen LogP contribution in [0.2, 0.25) is 0 Å². The number of ether oxygens (including phenoxy) is 1. The highest BCUT2D eigenvalue weighted by atomic mass is 16.5. The Morgan fingerprint density at radius 2 is 2.00 bits per heavy atom. The number of hydrogen-bond donors (Lipinski definition) is 1. The molecular weight excluding hydrogens is 246 g/mol. The Labute approximate surface area is 122 Å². The van der Waals surface area contributed by atoms with E-state index < -0.39 is 0 Å². The molecule has 3 rings (SSSR count). The van der Waals surface area contributed by atoms with Gasteiger partial charge in [0.15, 0.2) is 0 Å². The highest BCUT2D eigenvalue weighted by molar-refractivity contribution is 5.39. The second kappa shape index (κ2) is 6.62. The number of nitrogens with one attached hydrogen (secondary N) is 1. The van der Waals surface area contributed by atoms with Crippen LogP contribution in [0.4, 0.5) is 0 Å². The van der Waals surface area contributed by atoms with Crippen LogP contribution in [0.15, 0.2) is 18.2 Å². The maximum Gasteiger partial charge on any atom is 0.119 e. The first-order valence-electron chi connectivity index (χ1n) is 8.36. The number of rotatable bonds is 5. The Morgan fingerprint density at radius 1 is 1.15 bits per heavy atom. The van der Waals surface area contributed by atoms with Crippen molar-refractivity contribution >= 4 is 0 Å². The van der Waals surface area contributed by atoms with E-state index in [4.69, 9.17) is 4.74 Å². The molecule has 20 heavy (non-hydrogen) atoms. The lowest BCUT2D eigenvalue weighted by Gasteiger charge is -2.26. The molecule has 1 unspecified atom stereocenters. The molecule has 1 atom stereocenters. The molecular formula is C18H27NO. The van der Waals surface area contributed by atoms with Gasteiger partial charge in [0.05, 0.1) is 6.61 Å². The lowest BCUT2D eigenvalue weighted by atomic mass is 9.87. The summed E-state index contributed by atoms with van der Waals surface area (Å²) in [4.78, 5) is 0. The third-order valence-electron chi connectivity index (χ3n) is 4.84. The Hall–Kier alpha value is -1.02. The molecule has 0 aliphatic heterocycles. The second-order valence-corrected chi connectivity index (χ2v) is 6.32. The largest absolute Gasteiger partial charge is 0.493 e. The van der Waals surface area contributed by atoms with Gasteiger partial charge in [-0.25, -0.2) is 0 Å². The molecule has 2 aliphatic rings. The van der Waals surface area contributed by atoms with Gasteiger partial charge in [0.2, 0.25) is 0 Å². The molecule has 2 nitrogen and oxygen atoms in total. The van der Waals surface area contributed by atoms with Gasteiger partial charge in [0.1, 0.15) is 5.75 Å². The predicted octanol–water partition coefficient (Wildman–Crippen LogP) is 4.24. The zero-order chi connectivity index (χ0) is 13.8. The van der Waals surface area contributed by atoms with Crippen LogP contribution in [0, 0.1) is 5.92 Å². The molecule has 110 valence electrons. The van der Waals surface area contributed by atoms with Gasteiger partial charge in [-0.15, -0.1) is 0 Å². The fourth-order valence-electron chi connectivity index (χ4n) is 3.73. The summed E-state index contributed by atoms with van der Waals surface area (Å²) in [6, 6.07) is 7.29. The van der Waals surface area contributed by atoms with E-state index >= 15 is 0 Å². The van der Waals surface area contributed by atoms with Gasteiger partial charge in [-0.2, -0.15) is 0 Å². The fourth-order valence-corrected chi connectivity index (χ4v) is 3.73. The first-order valence-corrected chi connectivity index (χ1v) is 8.36. The molecule has 1 fully saturated rings. The van der Waals surface area contributed by atoms with Gasteiger partial charge in [-0.05, 0) is 67.8 Å². The van der Waals surface area contributed by atoms with Gasteiger partial charge in [0, 0.05) is 6.04 Å². The maximum absolute atomic E-state index is 6.03. The number of aryl methyl sites for hydroxylation is 1. The third kappa shape index (κ3) is 3.17. The summed E-state index contributed by atoms with van der Waals surface area (Å²) in [6.45, 7) is 4.15. The van der Waals surface area contributed by atoms with Crippen molar-refractivity contribution in [3.8, 4) is 5.75 Å². The van der Waals surface area contributed by atoms with Gasteiger partial charge >= 0.3 is 0 Å². The monoisotopic (exact) mass is 273 g/mol. The lowest BCUT2D eigenvalue weighted by Crippen LogP contribution is -2.24. The summed E-state index contributed by atoms with van der Waals surface area (Å²) in [5.74, 6) is 1.87. The van der Waals surface area contributed by atoms with Gasteiger partial charge < -0.3 is 10.1 Å². The summed E-state index contributed by atoms with van der Waals surface area (Å²) in [5, 5.41) is 3.60. The van der Waals surface area contributed by atoms with E-state index in [2.05, 4.69) is 30.4 Å². The first kappa shape index (κ1) is 13.9. The molecule has 2 heteroatoms. The molecule has 2 aliphatic carbocycles. The minimum Gasteiger partial charge on any atom is -0.493 e. The number of fused-ring (bicyclic) bond motifs is 1.